The average Bonchev–Trinajstić information content (AvgIpc) is 3.84. The third kappa shape index (κ3) is 5.67. The Kier molecular flexibility index (Phi) is 7.87. The summed E-state index contributed by atoms with van der Waals surface area (Å²) >= 11 is 0.882. The van der Waals surface area contributed by atoms with Crippen molar-refractivity contribution >= 4 is 67.8 Å². The van der Waals surface area contributed by atoms with Crippen LogP contribution in [0.15, 0.2) is 65.7 Å². The van der Waals surface area contributed by atoms with Crippen molar-refractivity contribution in [2.45, 2.75) is 38.3 Å². The van der Waals surface area contributed by atoms with Crippen molar-refractivity contribution in [2.24, 2.45) is 0 Å². The number of morpholine rings is 1. The molecule has 0 radical (unpaired) electrons. The summed E-state index contributed by atoms with van der Waals surface area (Å²) < 4.78 is 57.0. The predicted octanol–water partition coefficient (Wildman–Crippen LogP) is 3.75. The van der Waals surface area contributed by atoms with Crippen LogP contribution in [0.4, 0.5) is 24.8 Å². The fourth-order valence-corrected chi connectivity index (χ4v) is 7.14. The van der Waals surface area contributed by atoms with Crippen molar-refractivity contribution in [3.8, 4) is 5.69 Å². The van der Waals surface area contributed by atoms with Crippen LogP contribution in [0.25, 0.3) is 26.7 Å². The highest BCUT2D eigenvalue weighted by atomic mass is 32.1. The number of hydrogen-bond donors (Lipinski definition) is 1. The first kappa shape index (κ1) is 33.7. The van der Waals surface area contributed by atoms with Gasteiger partial charge in [0, 0.05) is 24.6 Å². The molecule has 2 aromatic carbocycles. The SMILES string of the molecule is CC(=O)OC(c1nc(=O)c2c(ccc3c(N4C(=O)c5ccccc5C4=O)nsc32)[nH]1)[C@H]1O[C@@H](C)CN(c2ccn(-c3cnnc(C(F)(F)F)c3)n2)C1=O. The molecule has 268 valence electrons. The minimum Gasteiger partial charge on any atom is -0.451 e. The molecule has 1 fully saturated rings. The molecule has 6 aromatic rings. The van der Waals surface area contributed by atoms with E-state index in [1.54, 1.807) is 37.3 Å². The molecule has 2 aliphatic rings. The maximum absolute atomic E-state index is 14.0. The number of carbonyl (C=O) groups excluding carboxylic acids is 4. The molecular weight excluding hydrogens is 723 g/mol. The molecule has 3 amide bonds. The van der Waals surface area contributed by atoms with E-state index in [2.05, 4.69) is 29.6 Å². The number of nitrogens with one attached hydrogen (secondary N) is 1. The zero-order valence-corrected chi connectivity index (χ0v) is 28.0. The molecule has 0 saturated carbocycles. The number of amides is 3. The van der Waals surface area contributed by atoms with Crippen LogP contribution < -0.4 is 15.4 Å². The highest BCUT2D eigenvalue weighted by Gasteiger charge is 2.44. The van der Waals surface area contributed by atoms with Crippen molar-refractivity contribution in [1.82, 2.24) is 34.3 Å². The Balaban J connectivity index is 1.13. The van der Waals surface area contributed by atoms with E-state index in [-0.39, 0.29) is 51.7 Å². The number of halogens is 3. The lowest BCUT2D eigenvalue weighted by Gasteiger charge is -2.37. The zero-order chi connectivity index (χ0) is 37.3. The number of fused-ring (bicyclic) bond motifs is 4. The van der Waals surface area contributed by atoms with E-state index in [4.69, 9.17) is 9.47 Å². The van der Waals surface area contributed by atoms with Gasteiger partial charge < -0.3 is 14.5 Å². The Morgan fingerprint density at radius 2 is 1.81 bits per heavy atom. The second-order valence-corrected chi connectivity index (χ2v) is 12.8. The van der Waals surface area contributed by atoms with Gasteiger partial charge in [-0.15, -0.1) is 10.2 Å². The van der Waals surface area contributed by atoms with E-state index in [0.29, 0.717) is 10.1 Å². The number of benzene rings is 2. The van der Waals surface area contributed by atoms with Gasteiger partial charge in [0.2, 0.25) is 0 Å². The van der Waals surface area contributed by atoms with Gasteiger partial charge in [-0.2, -0.15) is 27.6 Å². The van der Waals surface area contributed by atoms with Gasteiger partial charge in [0.05, 0.1) is 51.3 Å². The number of H-pyrrole nitrogens is 1. The van der Waals surface area contributed by atoms with Crippen molar-refractivity contribution in [2.75, 3.05) is 16.3 Å². The molecule has 6 heterocycles. The van der Waals surface area contributed by atoms with Gasteiger partial charge in [0.1, 0.15) is 0 Å². The van der Waals surface area contributed by atoms with Crippen molar-refractivity contribution in [1.29, 1.82) is 0 Å². The molecule has 0 bridgehead atoms. The lowest BCUT2D eigenvalue weighted by Crippen LogP contribution is -2.54. The Bertz CT molecular complexity index is 2550. The molecule has 16 nitrogen and oxygen atoms in total. The van der Waals surface area contributed by atoms with E-state index >= 15 is 0 Å². The smallest absolute Gasteiger partial charge is 0.435 e. The quantitative estimate of drug-likeness (QED) is 0.192. The molecule has 4 aromatic heterocycles. The Labute approximate surface area is 297 Å². The fraction of sp³-hybridized carbons (Fsp3) is 0.212. The number of aromatic amines is 1. The minimum absolute atomic E-state index is 0.0258. The minimum atomic E-state index is -4.75. The van der Waals surface area contributed by atoms with Gasteiger partial charge in [-0.1, -0.05) is 12.1 Å². The van der Waals surface area contributed by atoms with E-state index in [1.807, 2.05) is 0 Å². The highest BCUT2D eigenvalue weighted by molar-refractivity contribution is 7.15. The summed E-state index contributed by atoms with van der Waals surface area (Å²) in [6.07, 6.45) is -6.12. The molecule has 1 unspecified atom stereocenters. The normalized spacial score (nSPS) is 18.2. The first-order valence-electron chi connectivity index (χ1n) is 15.7. The summed E-state index contributed by atoms with van der Waals surface area (Å²) in [7, 11) is 0. The van der Waals surface area contributed by atoms with Crippen LogP contribution in [0.5, 0.6) is 0 Å². The van der Waals surface area contributed by atoms with Gasteiger partial charge in [-0.3, -0.25) is 28.9 Å². The van der Waals surface area contributed by atoms with Crippen LogP contribution in [-0.4, -0.2) is 76.8 Å². The molecular formula is C33H22F3N9O7S. The van der Waals surface area contributed by atoms with Gasteiger partial charge in [-0.25, -0.2) is 9.58 Å². The van der Waals surface area contributed by atoms with Crippen LogP contribution in [0.2, 0.25) is 0 Å². The van der Waals surface area contributed by atoms with E-state index in [0.717, 1.165) is 40.3 Å². The monoisotopic (exact) mass is 745 g/mol. The van der Waals surface area contributed by atoms with Crippen LogP contribution in [0.1, 0.15) is 52.2 Å². The van der Waals surface area contributed by atoms with E-state index in [1.165, 1.54) is 23.2 Å². The number of rotatable bonds is 6. The number of esters is 1. The van der Waals surface area contributed by atoms with Crippen molar-refractivity contribution in [3.05, 3.63) is 93.9 Å². The molecule has 20 heteroatoms. The van der Waals surface area contributed by atoms with Crippen LogP contribution >= 0.6 is 11.5 Å². The maximum Gasteiger partial charge on any atom is 0.435 e. The summed E-state index contributed by atoms with van der Waals surface area (Å²) in [5.41, 5.74) is -1.41. The number of aromatic nitrogens is 7. The summed E-state index contributed by atoms with van der Waals surface area (Å²) in [6, 6.07) is 11.6. The molecule has 1 saturated heterocycles. The summed E-state index contributed by atoms with van der Waals surface area (Å²) in [5, 5.41) is 11.2. The second-order valence-electron chi connectivity index (χ2n) is 12.1. The molecule has 0 spiro atoms. The standard InChI is InChI=1S/C33H22F3N9O7S/c1-14-13-43(22-9-10-44(41-22)16-11-21(33(34,35)36)40-37-12-16)32(50)25(51-14)24(52-15(2)46)27-38-20-8-7-19-26(23(20)29(47)39-27)53-42-28(19)45-30(48)17-5-3-4-6-18(17)31(45)49/h3-12,14,24-25H,13H2,1-2H3,(H,38,39,47)/t14-,24?,25+/m0/s1. The summed E-state index contributed by atoms with van der Waals surface area (Å²) in [4.78, 5) is 75.7. The maximum atomic E-state index is 14.0. The summed E-state index contributed by atoms with van der Waals surface area (Å²) in [5.74, 6) is -2.79. The first-order valence-corrected chi connectivity index (χ1v) is 16.5. The number of alkyl halides is 3. The average molecular weight is 746 g/mol. The lowest BCUT2D eigenvalue weighted by atomic mass is 10.1. The Hall–Kier alpha value is -6.41. The molecule has 3 atom stereocenters. The number of hydrogen-bond acceptors (Lipinski definition) is 13. The first-order chi connectivity index (χ1) is 25.3. The number of anilines is 2. The number of imide groups is 1. The molecule has 2 aliphatic heterocycles. The van der Waals surface area contributed by atoms with Gasteiger partial charge in [0.25, 0.3) is 23.3 Å². The molecule has 53 heavy (non-hydrogen) atoms. The summed E-state index contributed by atoms with van der Waals surface area (Å²) in [6.45, 7) is 2.71. The third-order valence-electron chi connectivity index (χ3n) is 8.54. The fourth-order valence-electron chi connectivity index (χ4n) is 6.24. The number of ether oxygens (including phenoxy) is 2. The Morgan fingerprint density at radius 3 is 2.51 bits per heavy atom. The van der Waals surface area contributed by atoms with Crippen LogP contribution in [-0.2, 0) is 25.2 Å². The molecule has 1 N–H and O–H groups in total. The highest BCUT2D eigenvalue weighted by Crippen LogP contribution is 2.38. The van der Waals surface area contributed by atoms with Crippen molar-refractivity contribution in [3.63, 3.8) is 0 Å². The van der Waals surface area contributed by atoms with Gasteiger partial charge in [-0.05, 0) is 48.8 Å². The topological polar surface area (TPSA) is 195 Å². The third-order valence-corrected chi connectivity index (χ3v) is 9.41. The van der Waals surface area contributed by atoms with E-state index in [9.17, 15) is 37.1 Å². The largest absolute Gasteiger partial charge is 0.451 e. The van der Waals surface area contributed by atoms with Gasteiger partial charge >= 0.3 is 12.1 Å². The van der Waals surface area contributed by atoms with E-state index < -0.39 is 59.4 Å². The van der Waals surface area contributed by atoms with Crippen LogP contribution in [0.3, 0.4) is 0 Å². The lowest BCUT2D eigenvalue weighted by molar-refractivity contribution is -0.169. The molecule has 8 rings (SSSR count). The predicted molar refractivity (Wildman–Crippen MR) is 178 cm³/mol. The Morgan fingerprint density at radius 1 is 1.08 bits per heavy atom. The van der Waals surface area contributed by atoms with Crippen LogP contribution in [0, 0.1) is 0 Å². The zero-order valence-electron chi connectivity index (χ0n) is 27.2. The number of carbonyl (C=O) groups is 4. The van der Waals surface area contributed by atoms with Crippen molar-refractivity contribution < 1.29 is 41.8 Å². The number of nitrogens with zero attached hydrogens (tertiary/aromatic N) is 8. The second kappa shape index (κ2) is 12.4. The molecule has 0 aliphatic carbocycles. The van der Waals surface area contributed by atoms with Gasteiger partial charge in [0.15, 0.2) is 35.4 Å².